The summed E-state index contributed by atoms with van der Waals surface area (Å²) in [6, 6.07) is 3.90. The van der Waals surface area contributed by atoms with Crippen LogP contribution in [-0.4, -0.2) is 21.4 Å². The van der Waals surface area contributed by atoms with E-state index in [1.54, 1.807) is 0 Å². The third-order valence-corrected chi connectivity index (χ3v) is 5.06. The van der Waals surface area contributed by atoms with Crippen molar-refractivity contribution in [3.05, 3.63) is 73.5 Å². The smallest absolute Gasteiger partial charge is 0.255 e. The van der Waals surface area contributed by atoms with Gasteiger partial charge in [0, 0.05) is 37.0 Å². The van der Waals surface area contributed by atoms with Crippen molar-refractivity contribution in [2.24, 2.45) is 0 Å². The number of aromatic nitrogens is 2. The van der Waals surface area contributed by atoms with Crippen LogP contribution in [0.3, 0.4) is 0 Å². The summed E-state index contributed by atoms with van der Waals surface area (Å²) in [6.07, 6.45) is 2.05. The SMILES string of the molecule is CC(C)(C)c1nc2c(c(=O)[nH]1)CN(Cc1coc3ccc(F)cc3c1=O)CC2. The highest BCUT2D eigenvalue weighted by Gasteiger charge is 2.25. The van der Waals surface area contributed by atoms with Gasteiger partial charge in [0.2, 0.25) is 0 Å². The van der Waals surface area contributed by atoms with E-state index in [1.165, 1.54) is 24.5 Å². The minimum absolute atomic E-state index is 0.132. The molecule has 6 nitrogen and oxygen atoms in total. The van der Waals surface area contributed by atoms with Crippen LogP contribution in [0.25, 0.3) is 11.0 Å². The van der Waals surface area contributed by atoms with Gasteiger partial charge in [-0.3, -0.25) is 14.5 Å². The van der Waals surface area contributed by atoms with E-state index in [0.717, 1.165) is 5.69 Å². The van der Waals surface area contributed by atoms with Crippen molar-refractivity contribution >= 4 is 11.0 Å². The Bertz CT molecular complexity index is 1170. The van der Waals surface area contributed by atoms with E-state index in [9.17, 15) is 14.0 Å². The van der Waals surface area contributed by atoms with Gasteiger partial charge in [-0.2, -0.15) is 0 Å². The molecule has 1 aliphatic rings. The molecule has 0 spiro atoms. The van der Waals surface area contributed by atoms with Crippen LogP contribution in [0.4, 0.5) is 4.39 Å². The van der Waals surface area contributed by atoms with Crippen molar-refractivity contribution in [3.63, 3.8) is 0 Å². The Morgan fingerprint density at radius 2 is 2.07 bits per heavy atom. The number of hydrogen-bond acceptors (Lipinski definition) is 5. The third kappa shape index (κ3) is 3.38. The summed E-state index contributed by atoms with van der Waals surface area (Å²) in [5, 5.41) is 0.226. The van der Waals surface area contributed by atoms with Crippen molar-refractivity contribution < 1.29 is 8.81 Å². The van der Waals surface area contributed by atoms with Crippen molar-refractivity contribution in [1.29, 1.82) is 0 Å². The van der Waals surface area contributed by atoms with Crippen molar-refractivity contribution in [2.75, 3.05) is 6.54 Å². The largest absolute Gasteiger partial charge is 0.464 e. The molecule has 1 aromatic carbocycles. The molecule has 0 bridgehead atoms. The number of benzene rings is 1. The molecule has 1 aliphatic heterocycles. The fraction of sp³-hybridized carbons (Fsp3) is 0.381. The maximum Gasteiger partial charge on any atom is 0.255 e. The number of nitrogens with zero attached hydrogens (tertiary/aromatic N) is 2. The lowest BCUT2D eigenvalue weighted by Crippen LogP contribution is -2.37. The van der Waals surface area contributed by atoms with Gasteiger partial charge in [-0.15, -0.1) is 0 Å². The molecule has 0 saturated carbocycles. The zero-order valence-corrected chi connectivity index (χ0v) is 16.1. The number of halogens is 1. The highest BCUT2D eigenvalue weighted by atomic mass is 19.1. The van der Waals surface area contributed by atoms with E-state index >= 15 is 0 Å². The van der Waals surface area contributed by atoms with E-state index in [1.807, 2.05) is 25.7 Å². The summed E-state index contributed by atoms with van der Waals surface area (Å²) in [5.41, 5.74) is 1.64. The second-order valence-electron chi connectivity index (χ2n) is 8.28. The maximum absolute atomic E-state index is 13.5. The molecule has 3 aromatic rings. The summed E-state index contributed by atoms with van der Waals surface area (Å²) in [7, 11) is 0. The fourth-order valence-corrected chi connectivity index (χ4v) is 3.46. The van der Waals surface area contributed by atoms with E-state index < -0.39 is 5.82 Å². The van der Waals surface area contributed by atoms with Gasteiger partial charge in [-0.05, 0) is 18.2 Å². The molecular weight excluding hydrogens is 361 g/mol. The van der Waals surface area contributed by atoms with Crippen LogP contribution >= 0.6 is 0 Å². The highest BCUT2D eigenvalue weighted by Crippen LogP contribution is 2.21. The quantitative estimate of drug-likeness (QED) is 0.736. The van der Waals surface area contributed by atoms with Crippen molar-refractivity contribution in [1.82, 2.24) is 14.9 Å². The second kappa shape index (κ2) is 6.67. The summed E-state index contributed by atoms with van der Waals surface area (Å²) in [5.74, 6) is 0.206. The second-order valence-corrected chi connectivity index (χ2v) is 8.28. The number of nitrogens with one attached hydrogen (secondary N) is 1. The van der Waals surface area contributed by atoms with Crippen molar-refractivity contribution in [2.45, 2.75) is 45.7 Å². The average molecular weight is 383 g/mol. The monoisotopic (exact) mass is 383 g/mol. The Hall–Kier alpha value is -2.80. The van der Waals surface area contributed by atoms with Crippen LogP contribution in [0, 0.1) is 5.82 Å². The lowest BCUT2D eigenvalue weighted by atomic mass is 9.95. The molecule has 0 aliphatic carbocycles. The molecule has 0 amide bonds. The first-order valence-electron chi connectivity index (χ1n) is 9.27. The van der Waals surface area contributed by atoms with E-state index in [2.05, 4.69) is 9.97 Å². The lowest BCUT2D eigenvalue weighted by Gasteiger charge is -2.28. The first kappa shape index (κ1) is 18.6. The first-order valence-corrected chi connectivity index (χ1v) is 9.27. The minimum Gasteiger partial charge on any atom is -0.464 e. The van der Waals surface area contributed by atoms with Crippen LogP contribution in [0.2, 0.25) is 0 Å². The molecule has 7 heteroatoms. The van der Waals surface area contributed by atoms with Crippen LogP contribution in [0.1, 0.15) is 43.4 Å². The molecule has 2 aromatic heterocycles. The predicted molar refractivity (Wildman–Crippen MR) is 104 cm³/mol. The lowest BCUT2D eigenvalue weighted by molar-refractivity contribution is 0.238. The first-order chi connectivity index (χ1) is 13.2. The molecule has 28 heavy (non-hydrogen) atoms. The molecule has 1 N–H and O–H groups in total. The van der Waals surface area contributed by atoms with Crippen LogP contribution in [0.15, 0.2) is 38.5 Å². The number of rotatable bonds is 2. The standard InChI is InChI=1S/C21H22FN3O3/c1-21(2,3)20-23-16-6-7-25(10-15(16)19(27)24-20)9-12-11-28-17-5-4-13(22)8-14(17)18(12)26/h4-5,8,11H,6-7,9-10H2,1-3H3,(H,23,24,27). The van der Waals surface area contributed by atoms with Gasteiger partial charge in [0.05, 0.1) is 22.9 Å². The zero-order chi connectivity index (χ0) is 20.1. The Balaban J connectivity index is 1.62. The molecular formula is C21H22FN3O3. The summed E-state index contributed by atoms with van der Waals surface area (Å²) >= 11 is 0. The Kier molecular flexibility index (Phi) is 4.42. The topological polar surface area (TPSA) is 79.2 Å². The summed E-state index contributed by atoms with van der Waals surface area (Å²) < 4.78 is 19.0. The van der Waals surface area contributed by atoms with Gasteiger partial charge in [-0.25, -0.2) is 9.37 Å². The zero-order valence-electron chi connectivity index (χ0n) is 16.1. The Morgan fingerprint density at radius 3 is 2.82 bits per heavy atom. The molecule has 146 valence electrons. The van der Waals surface area contributed by atoms with Gasteiger partial charge in [-0.1, -0.05) is 20.8 Å². The maximum atomic E-state index is 13.5. The molecule has 4 rings (SSSR count). The fourth-order valence-electron chi connectivity index (χ4n) is 3.46. The van der Waals surface area contributed by atoms with Crippen LogP contribution in [-0.2, 0) is 24.9 Å². The highest BCUT2D eigenvalue weighted by molar-refractivity contribution is 5.76. The molecule has 0 unspecified atom stereocenters. The summed E-state index contributed by atoms with van der Waals surface area (Å²) in [4.78, 5) is 34.8. The Labute approximate surface area is 161 Å². The van der Waals surface area contributed by atoms with Gasteiger partial charge in [0.15, 0.2) is 5.43 Å². The van der Waals surface area contributed by atoms with E-state index in [0.29, 0.717) is 48.6 Å². The van der Waals surface area contributed by atoms with Crippen LogP contribution in [0.5, 0.6) is 0 Å². The molecule has 0 saturated heterocycles. The van der Waals surface area contributed by atoms with Gasteiger partial charge in [0.1, 0.15) is 17.2 Å². The average Bonchev–Trinajstić information content (AvgIpc) is 2.64. The number of H-pyrrole nitrogens is 1. The number of fused-ring (bicyclic) bond motifs is 2. The summed E-state index contributed by atoms with van der Waals surface area (Å²) in [6.45, 7) is 7.43. The van der Waals surface area contributed by atoms with Crippen LogP contribution < -0.4 is 11.0 Å². The number of hydrogen-bond donors (Lipinski definition) is 1. The van der Waals surface area contributed by atoms with Crippen molar-refractivity contribution in [3.8, 4) is 0 Å². The predicted octanol–water partition coefficient (Wildman–Crippen LogP) is 2.87. The molecule has 0 radical (unpaired) electrons. The Morgan fingerprint density at radius 1 is 1.29 bits per heavy atom. The normalized spacial score (nSPS) is 15.0. The van der Waals surface area contributed by atoms with Gasteiger partial charge >= 0.3 is 0 Å². The molecule has 0 fully saturated rings. The van der Waals surface area contributed by atoms with E-state index in [-0.39, 0.29) is 21.8 Å². The van der Waals surface area contributed by atoms with Gasteiger partial charge < -0.3 is 9.40 Å². The molecule has 0 atom stereocenters. The number of aromatic amines is 1. The minimum atomic E-state index is -0.476. The van der Waals surface area contributed by atoms with Gasteiger partial charge in [0.25, 0.3) is 5.56 Å². The molecule has 3 heterocycles. The van der Waals surface area contributed by atoms with E-state index in [4.69, 9.17) is 4.42 Å². The third-order valence-electron chi connectivity index (χ3n) is 5.06.